The lowest BCUT2D eigenvalue weighted by Gasteiger charge is -2.12. The van der Waals surface area contributed by atoms with Gasteiger partial charge in [-0.2, -0.15) is 0 Å². The molecule has 0 spiro atoms. The summed E-state index contributed by atoms with van der Waals surface area (Å²) < 4.78 is 13.8. The number of aromatic nitrogens is 5. The fraction of sp³-hybridized carbons (Fsp3) is 0.160. The van der Waals surface area contributed by atoms with Crippen LogP contribution < -0.4 is 5.32 Å². The van der Waals surface area contributed by atoms with Gasteiger partial charge in [-0.3, -0.25) is 4.98 Å². The molecule has 5 aromatic heterocycles. The second-order valence-corrected chi connectivity index (χ2v) is 8.10. The average molecular weight is 424 g/mol. The number of nitrogens with zero attached hydrogens (tertiary/aromatic N) is 3. The first-order valence-electron chi connectivity index (χ1n) is 10.7. The maximum atomic E-state index is 13.8. The van der Waals surface area contributed by atoms with E-state index in [2.05, 4.69) is 38.5 Å². The van der Waals surface area contributed by atoms with Crippen LogP contribution in [0.4, 0.5) is 4.39 Å². The van der Waals surface area contributed by atoms with E-state index in [1.54, 1.807) is 6.20 Å². The smallest absolute Gasteiger partial charge is 0.141 e. The summed E-state index contributed by atoms with van der Waals surface area (Å²) in [7, 11) is 0. The minimum Gasteiger partial charge on any atom is -0.346 e. The molecule has 0 aromatic carbocycles. The Balaban J connectivity index is 1.55. The highest BCUT2D eigenvalue weighted by atomic mass is 19.1. The lowest BCUT2D eigenvalue weighted by atomic mass is 9.97. The molecule has 0 radical (unpaired) electrons. The van der Waals surface area contributed by atoms with Gasteiger partial charge in [-0.05, 0) is 60.0 Å². The van der Waals surface area contributed by atoms with E-state index < -0.39 is 0 Å². The van der Waals surface area contributed by atoms with Crippen LogP contribution in [0.1, 0.15) is 23.2 Å². The zero-order valence-corrected chi connectivity index (χ0v) is 17.3. The second-order valence-electron chi connectivity index (χ2n) is 8.10. The maximum absolute atomic E-state index is 13.8. The highest BCUT2D eigenvalue weighted by Crippen LogP contribution is 2.34. The largest absolute Gasteiger partial charge is 0.346 e. The van der Waals surface area contributed by atoms with Crippen molar-refractivity contribution < 1.29 is 4.39 Å². The van der Waals surface area contributed by atoms with Gasteiger partial charge in [0.05, 0.1) is 11.9 Å². The zero-order chi connectivity index (χ0) is 21.5. The highest BCUT2D eigenvalue weighted by molar-refractivity contribution is 5.97. The van der Waals surface area contributed by atoms with Crippen LogP contribution in [0.5, 0.6) is 0 Å². The molecule has 0 atom stereocenters. The lowest BCUT2D eigenvalue weighted by molar-refractivity contribution is 0.619. The van der Waals surface area contributed by atoms with Gasteiger partial charge in [-0.1, -0.05) is 6.08 Å². The second kappa shape index (κ2) is 7.69. The summed E-state index contributed by atoms with van der Waals surface area (Å²) in [6, 6.07) is 9.78. The third-order valence-corrected chi connectivity index (χ3v) is 5.93. The highest BCUT2D eigenvalue weighted by Gasteiger charge is 2.18. The van der Waals surface area contributed by atoms with Crippen LogP contribution in [-0.2, 0) is 6.42 Å². The van der Waals surface area contributed by atoms with E-state index in [0.29, 0.717) is 6.42 Å². The molecule has 1 aliphatic heterocycles. The number of hydrogen-bond donors (Lipinski definition) is 3. The predicted octanol–water partition coefficient (Wildman–Crippen LogP) is 4.61. The fourth-order valence-electron chi connectivity index (χ4n) is 4.42. The summed E-state index contributed by atoms with van der Waals surface area (Å²) in [5.74, 6) is -0.343. The van der Waals surface area contributed by atoms with Crippen LogP contribution in [0.3, 0.4) is 0 Å². The summed E-state index contributed by atoms with van der Waals surface area (Å²) in [5, 5.41) is 5.49. The molecule has 7 heteroatoms. The lowest BCUT2D eigenvalue weighted by Crippen LogP contribution is -2.21. The summed E-state index contributed by atoms with van der Waals surface area (Å²) in [5.41, 5.74) is 7.58. The number of nitrogens with one attached hydrogen (secondary N) is 3. The molecule has 0 saturated carbocycles. The predicted molar refractivity (Wildman–Crippen MR) is 124 cm³/mol. The quantitative estimate of drug-likeness (QED) is 0.394. The van der Waals surface area contributed by atoms with Gasteiger partial charge in [-0.15, -0.1) is 0 Å². The Morgan fingerprint density at radius 1 is 1.03 bits per heavy atom. The van der Waals surface area contributed by atoms with Gasteiger partial charge in [0.2, 0.25) is 0 Å². The molecule has 3 N–H and O–H groups in total. The first kappa shape index (κ1) is 18.9. The van der Waals surface area contributed by atoms with Gasteiger partial charge >= 0.3 is 0 Å². The molecule has 32 heavy (non-hydrogen) atoms. The minimum atomic E-state index is -0.343. The Morgan fingerprint density at radius 2 is 2.00 bits per heavy atom. The van der Waals surface area contributed by atoms with Crippen molar-refractivity contribution in [3.05, 3.63) is 83.8 Å². The SMILES string of the molecule is Fc1cncc(Cc2cnc3[nH]c(C4=CCCNC4)cc3c2-c2ccc3cc[nH]c3n2)c1. The van der Waals surface area contributed by atoms with Crippen molar-refractivity contribution in [2.24, 2.45) is 0 Å². The number of aromatic amines is 2. The van der Waals surface area contributed by atoms with Gasteiger partial charge in [0, 0.05) is 53.6 Å². The molecule has 6 heterocycles. The standard InChI is InChI=1S/C25H21FN6/c26-19-9-15(11-28-14-19)8-18-13-30-25-20(10-22(32-25)17-2-1-6-27-12-17)23(18)21-4-3-16-5-7-29-24(16)31-21/h2-5,7,9-11,13-14,27H,1,6,8,12H2,(H,29,31)(H,30,32). The van der Waals surface area contributed by atoms with E-state index in [9.17, 15) is 4.39 Å². The Kier molecular flexibility index (Phi) is 4.54. The number of hydrogen-bond acceptors (Lipinski definition) is 4. The van der Waals surface area contributed by atoms with Crippen molar-refractivity contribution in [2.75, 3.05) is 13.1 Å². The minimum absolute atomic E-state index is 0.343. The van der Waals surface area contributed by atoms with Crippen LogP contribution in [-0.4, -0.2) is 38.0 Å². The Morgan fingerprint density at radius 3 is 2.88 bits per heavy atom. The third kappa shape index (κ3) is 3.36. The van der Waals surface area contributed by atoms with Gasteiger partial charge in [0.25, 0.3) is 0 Å². The number of H-pyrrole nitrogens is 2. The van der Waals surface area contributed by atoms with Crippen molar-refractivity contribution in [1.82, 2.24) is 30.2 Å². The number of rotatable bonds is 4. The Labute approximate surface area is 183 Å². The van der Waals surface area contributed by atoms with Crippen molar-refractivity contribution in [1.29, 1.82) is 0 Å². The van der Waals surface area contributed by atoms with Crippen molar-refractivity contribution in [2.45, 2.75) is 12.8 Å². The first-order valence-corrected chi connectivity index (χ1v) is 10.7. The molecule has 0 unspecified atom stereocenters. The Hall–Kier alpha value is -3.84. The molecule has 0 fully saturated rings. The topological polar surface area (TPSA) is 82.3 Å². The van der Waals surface area contributed by atoms with E-state index in [-0.39, 0.29) is 5.82 Å². The Bertz CT molecular complexity index is 1480. The number of pyridine rings is 3. The fourth-order valence-corrected chi connectivity index (χ4v) is 4.42. The molecule has 6 nitrogen and oxygen atoms in total. The van der Waals surface area contributed by atoms with Crippen LogP contribution in [0.2, 0.25) is 0 Å². The molecule has 0 bridgehead atoms. The molecule has 0 aliphatic carbocycles. The summed E-state index contributed by atoms with van der Waals surface area (Å²) in [6.07, 6.45) is 10.4. The molecule has 6 rings (SSSR count). The van der Waals surface area contributed by atoms with E-state index in [0.717, 1.165) is 69.7 Å². The van der Waals surface area contributed by atoms with Crippen LogP contribution >= 0.6 is 0 Å². The van der Waals surface area contributed by atoms with E-state index in [4.69, 9.17) is 9.97 Å². The number of fused-ring (bicyclic) bond motifs is 2. The van der Waals surface area contributed by atoms with Gasteiger partial charge in [0.15, 0.2) is 0 Å². The summed E-state index contributed by atoms with van der Waals surface area (Å²) in [4.78, 5) is 20.3. The van der Waals surface area contributed by atoms with Crippen molar-refractivity contribution >= 4 is 27.6 Å². The third-order valence-electron chi connectivity index (χ3n) is 5.93. The molecule has 5 aromatic rings. The normalized spacial score (nSPS) is 14.2. The average Bonchev–Trinajstić information content (AvgIpc) is 3.46. The van der Waals surface area contributed by atoms with Gasteiger partial charge < -0.3 is 15.3 Å². The van der Waals surface area contributed by atoms with E-state index >= 15 is 0 Å². The summed E-state index contributed by atoms with van der Waals surface area (Å²) in [6.45, 7) is 1.83. The van der Waals surface area contributed by atoms with E-state index in [1.807, 2.05) is 24.5 Å². The van der Waals surface area contributed by atoms with Crippen LogP contribution in [0.15, 0.2) is 61.2 Å². The molecule has 0 saturated heterocycles. The van der Waals surface area contributed by atoms with Crippen molar-refractivity contribution in [3.63, 3.8) is 0 Å². The van der Waals surface area contributed by atoms with E-state index in [1.165, 1.54) is 17.8 Å². The maximum Gasteiger partial charge on any atom is 0.141 e. The zero-order valence-electron chi connectivity index (χ0n) is 17.3. The molecular formula is C25H21FN6. The molecular weight excluding hydrogens is 403 g/mol. The number of halogens is 1. The van der Waals surface area contributed by atoms with Crippen LogP contribution in [0.25, 0.3) is 38.9 Å². The molecule has 1 aliphatic rings. The monoisotopic (exact) mass is 424 g/mol. The van der Waals surface area contributed by atoms with Crippen LogP contribution in [0, 0.1) is 5.82 Å². The molecule has 158 valence electrons. The van der Waals surface area contributed by atoms with Gasteiger partial charge in [-0.25, -0.2) is 14.4 Å². The summed E-state index contributed by atoms with van der Waals surface area (Å²) >= 11 is 0. The molecule has 0 amide bonds. The first-order chi connectivity index (χ1) is 15.7. The van der Waals surface area contributed by atoms with Crippen molar-refractivity contribution in [3.8, 4) is 11.3 Å². The van der Waals surface area contributed by atoms with Gasteiger partial charge in [0.1, 0.15) is 17.1 Å².